The van der Waals surface area contributed by atoms with Crippen molar-refractivity contribution in [2.75, 3.05) is 0 Å². The minimum atomic E-state index is 0.510. The Hall–Kier alpha value is -1.35. The largest absolute Gasteiger partial charge is 0.431 e. The van der Waals surface area contributed by atoms with Gasteiger partial charge in [-0.1, -0.05) is 44.2 Å². The second kappa shape index (κ2) is 5.53. The van der Waals surface area contributed by atoms with Crippen LogP contribution in [0, 0.1) is 6.92 Å². The molecule has 0 bridgehead atoms. The lowest BCUT2D eigenvalue weighted by Crippen LogP contribution is -1.92. The number of rotatable bonds is 4. The van der Waals surface area contributed by atoms with Crippen LogP contribution in [0.25, 0.3) is 0 Å². The quantitative estimate of drug-likeness (QED) is 0.778. The number of aryl methyl sites for hydroxylation is 2. The number of hydrogen-bond donors (Lipinski definition) is 0. The van der Waals surface area contributed by atoms with E-state index in [1.54, 1.807) is 11.3 Å². The molecule has 2 nitrogen and oxygen atoms in total. The van der Waals surface area contributed by atoms with E-state index in [4.69, 9.17) is 4.74 Å². The Morgan fingerprint density at radius 1 is 1.33 bits per heavy atom. The smallest absolute Gasteiger partial charge is 0.278 e. The van der Waals surface area contributed by atoms with E-state index in [1.807, 2.05) is 0 Å². The number of hydrogen-bond acceptors (Lipinski definition) is 3. The number of ether oxygens (including phenoxy) is 1. The Balaban J connectivity index is 2.24. The lowest BCUT2D eigenvalue weighted by Gasteiger charge is -2.10. The maximum atomic E-state index is 5.89. The molecule has 0 unspecified atom stereocenters. The van der Waals surface area contributed by atoms with Gasteiger partial charge in [0, 0.05) is 5.38 Å². The summed E-state index contributed by atoms with van der Waals surface area (Å²) in [7, 11) is 0. The summed E-state index contributed by atoms with van der Waals surface area (Å²) >= 11 is 1.56. The molecule has 0 atom stereocenters. The molecule has 96 valence electrons. The van der Waals surface area contributed by atoms with Crippen LogP contribution in [-0.4, -0.2) is 4.98 Å². The van der Waals surface area contributed by atoms with Crippen molar-refractivity contribution in [3.8, 4) is 10.9 Å². The zero-order chi connectivity index (χ0) is 13.1. The molecular formula is C15H19NOS. The van der Waals surface area contributed by atoms with Crippen LogP contribution in [-0.2, 0) is 6.42 Å². The average Bonchev–Trinajstić information content (AvgIpc) is 2.79. The highest BCUT2D eigenvalue weighted by Gasteiger charge is 2.08. The molecule has 1 heterocycles. The third-order valence-corrected chi connectivity index (χ3v) is 3.74. The summed E-state index contributed by atoms with van der Waals surface area (Å²) in [6.07, 6.45) is 0.949. The van der Waals surface area contributed by atoms with Crippen LogP contribution >= 0.6 is 11.3 Å². The maximum Gasteiger partial charge on any atom is 0.278 e. The molecule has 2 rings (SSSR count). The molecule has 0 radical (unpaired) electrons. The zero-order valence-electron chi connectivity index (χ0n) is 11.4. The standard InChI is InChI=1S/C15H19NOS/c1-5-13-9-18-15(16-13)17-14-8-12(10(2)3)7-6-11(14)4/h6-10H,5H2,1-4H3. The summed E-state index contributed by atoms with van der Waals surface area (Å²) in [5.41, 5.74) is 3.53. The van der Waals surface area contributed by atoms with Crippen molar-refractivity contribution in [1.29, 1.82) is 0 Å². The molecule has 1 aromatic carbocycles. The first kappa shape index (κ1) is 13.1. The first-order valence-electron chi connectivity index (χ1n) is 6.33. The van der Waals surface area contributed by atoms with E-state index in [1.165, 1.54) is 5.56 Å². The lowest BCUT2D eigenvalue weighted by atomic mass is 10.0. The van der Waals surface area contributed by atoms with Crippen LogP contribution in [0.15, 0.2) is 23.6 Å². The van der Waals surface area contributed by atoms with Crippen molar-refractivity contribution in [2.24, 2.45) is 0 Å². The number of nitrogens with zero attached hydrogens (tertiary/aromatic N) is 1. The van der Waals surface area contributed by atoms with Crippen LogP contribution in [0.2, 0.25) is 0 Å². The predicted octanol–water partition coefficient (Wildman–Crippen LogP) is 4.93. The Kier molecular flexibility index (Phi) is 4.02. The van der Waals surface area contributed by atoms with E-state index in [9.17, 15) is 0 Å². The van der Waals surface area contributed by atoms with Crippen molar-refractivity contribution in [2.45, 2.75) is 40.0 Å². The summed E-state index contributed by atoms with van der Waals surface area (Å²) in [5, 5.41) is 2.78. The normalized spacial score (nSPS) is 10.9. The van der Waals surface area contributed by atoms with Crippen LogP contribution in [0.1, 0.15) is 43.5 Å². The van der Waals surface area contributed by atoms with E-state index in [-0.39, 0.29) is 0 Å². The van der Waals surface area contributed by atoms with Gasteiger partial charge in [0.25, 0.3) is 5.19 Å². The first-order valence-corrected chi connectivity index (χ1v) is 7.21. The Bertz CT molecular complexity index is 531. The molecule has 0 aliphatic carbocycles. The van der Waals surface area contributed by atoms with Gasteiger partial charge in [0.05, 0.1) is 5.69 Å². The number of thiazole rings is 1. The van der Waals surface area contributed by atoms with Crippen LogP contribution in [0.4, 0.5) is 0 Å². The molecule has 2 aromatic rings. The van der Waals surface area contributed by atoms with Gasteiger partial charge in [0.2, 0.25) is 0 Å². The van der Waals surface area contributed by atoms with Crippen LogP contribution < -0.4 is 4.74 Å². The third-order valence-electron chi connectivity index (χ3n) is 2.97. The van der Waals surface area contributed by atoms with Crippen LogP contribution in [0.3, 0.4) is 0 Å². The van der Waals surface area contributed by atoms with E-state index in [0.717, 1.165) is 28.6 Å². The molecule has 0 N–H and O–H groups in total. The molecule has 0 aliphatic rings. The van der Waals surface area contributed by atoms with Crippen molar-refractivity contribution in [1.82, 2.24) is 4.98 Å². The molecule has 0 aliphatic heterocycles. The fraction of sp³-hybridized carbons (Fsp3) is 0.400. The van der Waals surface area contributed by atoms with Crippen molar-refractivity contribution in [3.63, 3.8) is 0 Å². The minimum Gasteiger partial charge on any atom is -0.431 e. The molecule has 3 heteroatoms. The highest BCUT2D eigenvalue weighted by Crippen LogP contribution is 2.30. The van der Waals surface area contributed by atoms with E-state index in [2.05, 4.69) is 56.3 Å². The topological polar surface area (TPSA) is 22.1 Å². The average molecular weight is 261 g/mol. The molecule has 0 spiro atoms. The Labute approximate surface area is 113 Å². The van der Waals surface area contributed by atoms with E-state index in [0.29, 0.717) is 5.92 Å². The Morgan fingerprint density at radius 3 is 2.72 bits per heavy atom. The molecule has 0 saturated carbocycles. The van der Waals surface area contributed by atoms with Gasteiger partial charge >= 0.3 is 0 Å². The van der Waals surface area contributed by atoms with Gasteiger partial charge in [-0.2, -0.15) is 0 Å². The minimum absolute atomic E-state index is 0.510. The molecule has 0 fully saturated rings. The van der Waals surface area contributed by atoms with Crippen molar-refractivity contribution >= 4 is 11.3 Å². The summed E-state index contributed by atoms with van der Waals surface area (Å²) in [6, 6.07) is 6.39. The van der Waals surface area contributed by atoms with Gasteiger partial charge in [-0.3, -0.25) is 0 Å². The predicted molar refractivity (Wildman–Crippen MR) is 76.8 cm³/mol. The highest BCUT2D eigenvalue weighted by atomic mass is 32.1. The monoisotopic (exact) mass is 261 g/mol. The molecule has 0 saturated heterocycles. The summed E-state index contributed by atoms with van der Waals surface area (Å²) < 4.78 is 5.89. The Morgan fingerprint density at radius 2 is 2.11 bits per heavy atom. The molecule has 18 heavy (non-hydrogen) atoms. The van der Waals surface area contributed by atoms with Gasteiger partial charge in [-0.05, 0) is 36.5 Å². The van der Waals surface area contributed by atoms with Crippen molar-refractivity contribution in [3.05, 3.63) is 40.4 Å². The highest BCUT2D eigenvalue weighted by molar-refractivity contribution is 7.11. The second-order valence-corrected chi connectivity index (χ2v) is 5.56. The van der Waals surface area contributed by atoms with Gasteiger partial charge in [0.1, 0.15) is 5.75 Å². The van der Waals surface area contributed by atoms with Gasteiger partial charge in [-0.25, -0.2) is 4.98 Å². The molecule has 1 aromatic heterocycles. The van der Waals surface area contributed by atoms with Crippen molar-refractivity contribution < 1.29 is 4.74 Å². The lowest BCUT2D eigenvalue weighted by molar-refractivity contribution is 0.472. The fourth-order valence-electron chi connectivity index (χ4n) is 1.68. The van der Waals surface area contributed by atoms with Crippen LogP contribution in [0.5, 0.6) is 10.9 Å². The third kappa shape index (κ3) is 2.91. The molecule has 0 amide bonds. The second-order valence-electron chi connectivity index (χ2n) is 4.74. The van der Waals surface area contributed by atoms with Gasteiger partial charge in [-0.15, -0.1) is 0 Å². The maximum absolute atomic E-state index is 5.89. The zero-order valence-corrected chi connectivity index (χ0v) is 12.2. The molecular weight excluding hydrogens is 242 g/mol. The van der Waals surface area contributed by atoms with E-state index < -0.39 is 0 Å². The van der Waals surface area contributed by atoms with Gasteiger partial charge < -0.3 is 4.74 Å². The summed E-state index contributed by atoms with van der Waals surface area (Å²) in [4.78, 5) is 4.44. The fourth-order valence-corrected chi connectivity index (χ4v) is 2.44. The summed E-state index contributed by atoms with van der Waals surface area (Å²) in [5.74, 6) is 1.42. The first-order chi connectivity index (χ1) is 8.60. The number of aromatic nitrogens is 1. The SMILES string of the molecule is CCc1csc(Oc2cc(C(C)C)ccc2C)n1. The summed E-state index contributed by atoms with van der Waals surface area (Å²) in [6.45, 7) is 8.54. The number of benzene rings is 1. The van der Waals surface area contributed by atoms with Gasteiger partial charge in [0.15, 0.2) is 0 Å². The van der Waals surface area contributed by atoms with E-state index >= 15 is 0 Å².